The van der Waals surface area contributed by atoms with Gasteiger partial charge in [0.1, 0.15) is 0 Å². The second-order valence-electron chi connectivity index (χ2n) is 22.9. The summed E-state index contributed by atoms with van der Waals surface area (Å²) in [5.41, 5.74) is 26.9. The van der Waals surface area contributed by atoms with E-state index in [4.69, 9.17) is 19.9 Å². The zero-order valence-electron chi connectivity index (χ0n) is 44.9. The van der Waals surface area contributed by atoms with E-state index in [0.717, 1.165) is 105 Å². The van der Waals surface area contributed by atoms with Gasteiger partial charge in [-0.3, -0.25) is 0 Å². The van der Waals surface area contributed by atoms with Gasteiger partial charge in [-0.1, -0.05) is 222 Å². The number of rotatable bonds is 6. The molecular formula is C76H52N4. The minimum atomic E-state index is -0.193. The fourth-order valence-corrected chi connectivity index (χ4v) is 13.6. The van der Waals surface area contributed by atoms with Crippen LogP contribution in [0.1, 0.15) is 49.9 Å². The van der Waals surface area contributed by atoms with Gasteiger partial charge < -0.3 is 0 Å². The highest BCUT2D eigenvalue weighted by molar-refractivity contribution is 6.12. The third kappa shape index (κ3) is 6.95. The van der Waals surface area contributed by atoms with Crippen molar-refractivity contribution in [1.29, 1.82) is 0 Å². The van der Waals surface area contributed by atoms with Crippen LogP contribution in [0.25, 0.3) is 144 Å². The van der Waals surface area contributed by atoms with Crippen LogP contribution in [-0.2, 0) is 10.8 Å². The molecule has 0 saturated heterocycles. The van der Waals surface area contributed by atoms with Gasteiger partial charge in [-0.25, -0.2) is 19.9 Å². The van der Waals surface area contributed by atoms with Crippen LogP contribution in [0.4, 0.5) is 0 Å². The molecule has 0 atom stereocenters. The molecule has 0 fully saturated rings. The highest BCUT2D eigenvalue weighted by Gasteiger charge is 2.37. The van der Waals surface area contributed by atoms with E-state index in [-0.39, 0.29) is 10.8 Å². The lowest BCUT2D eigenvalue weighted by molar-refractivity contribution is 0.660. The topological polar surface area (TPSA) is 51.6 Å². The Morgan fingerprint density at radius 1 is 0.250 bits per heavy atom. The molecule has 2 aliphatic carbocycles. The first-order valence-corrected chi connectivity index (χ1v) is 27.8. The van der Waals surface area contributed by atoms with Gasteiger partial charge in [0.2, 0.25) is 0 Å². The number of nitrogens with zero attached hydrogens (tertiary/aromatic N) is 4. The minimum Gasteiger partial charge on any atom is -0.248 e. The Hall–Kier alpha value is -9.90. The monoisotopic (exact) mass is 1020 g/mol. The molecule has 11 aromatic carbocycles. The van der Waals surface area contributed by atoms with Crippen molar-refractivity contribution < 1.29 is 0 Å². The van der Waals surface area contributed by atoms with Gasteiger partial charge in [-0.15, -0.1) is 0 Å². The summed E-state index contributed by atoms with van der Waals surface area (Å²) in [7, 11) is 0. The number of hydrogen-bond acceptors (Lipinski definition) is 4. The molecule has 16 rings (SSSR count). The van der Waals surface area contributed by atoms with Crippen molar-refractivity contribution in [2.24, 2.45) is 0 Å². The molecule has 0 N–H and O–H groups in total. The molecule has 376 valence electrons. The number of hydrogen-bond donors (Lipinski definition) is 0. The lowest BCUT2D eigenvalue weighted by Crippen LogP contribution is -2.15. The molecule has 3 aromatic heterocycles. The van der Waals surface area contributed by atoms with Crippen LogP contribution in [0.3, 0.4) is 0 Å². The molecule has 0 saturated carbocycles. The Bertz CT molecular complexity index is 4820. The highest BCUT2D eigenvalue weighted by atomic mass is 14.9. The van der Waals surface area contributed by atoms with Crippen molar-refractivity contribution in [3.8, 4) is 89.4 Å². The predicted molar refractivity (Wildman–Crippen MR) is 333 cm³/mol. The third-order valence-corrected chi connectivity index (χ3v) is 17.7. The molecule has 3 heterocycles. The lowest BCUT2D eigenvalue weighted by Gasteiger charge is -2.23. The van der Waals surface area contributed by atoms with Crippen molar-refractivity contribution in [2.75, 3.05) is 0 Å². The highest BCUT2D eigenvalue weighted by Crippen LogP contribution is 2.52. The summed E-state index contributed by atoms with van der Waals surface area (Å²) in [6.45, 7) is 9.45. The van der Waals surface area contributed by atoms with Crippen LogP contribution in [0.5, 0.6) is 0 Å². The number of pyridine rings is 2. The second-order valence-corrected chi connectivity index (χ2v) is 22.9. The van der Waals surface area contributed by atoms with E-state index in [1.165, 1.54) is 55.6 Å². The van der Waals surface area contributed by atoms with Crippen LogP contribution in [0.15, 0.2) is 243 Å². The Kier molecular flexibility index (Phi) is 9.99. The van der Waals surface area contributed by atoms with Crippen molar-refractivity contribution in [2.45, 2.75) is 38.5 Å². The molecule has 14 aromatic rings. The standard InChI is InChI=1S/C76H52N4/c1-75(2)62-23-11-5-17-52(62)54-39-37-49(43-64(54)75)51-41-60(50-38-40-55-53-18-6-12-24-63(53)76(3,4)65(55)44-50)73-61(42-51)72(47-33-29-45(30-34-47)70-56-19-7-13-25-66(56)77-67-26-14-8-20-57(67)70)79-74(80-73)48-35-31-46(32-36-48)71-58-21-9-15-27-68(58)78-69-28-16-10-22-59(69)71/h5-44H,1-4H3. The quantitative estimate of drug-likeness (QED) is 0.156. The number of aromatic nitrogens is 4. The summed E-state index contributed by atoms with van der Waals surface area (Å²) in [6.07, 6.45) is 0. The second kappa shape index (κ2) is 17.3. The Morgan fingerprint density at radius 3 is 1.14 bits per heavy atom. The molecule has 0 bridgehead atoms. The molecule has 2 aliphatic rings. The molecule has 4 heteroatoms. The summed E-state index contributed by atoms with van der Waals surface area (Å²) in [5.74, 6) is 0.665. The number of fused-ring (bicyclic) bond motifs is 11. The van der Waals surface area contributed by atoms with Crippen LogP contribution in [-0.4, -0.2) is 19.9 Å². The fraction of sp³-hybridized carbons (Fsp3) is 0.0789. The summed E-state index contributed by atoms with van der Waals surface area (Å²) in [5, 5.41) is 5.49. The van der Waals surface area contributed by atoms with Gasteiger partial charge in [0.25, 0.3) is 0 Å². The Labute approximate surface area is 464 Å². The normalized spacial score (nSPS) is 13.7. The van der Waals surface area contributed by atoms with Crippen molar-refractivity contribution >= 4 is 54.5 Å². The first-order valence-electron chi connectivity index (χ1n) is 27.8. The summed E-state index contributed by atoms with van der Waals surface area (Å²) in [6, 6.07) is 88.4. The van der Waals surface area contributed by atoms with Crippen LogP contribution >= 0.6 is 0 Å². The first-order chi connectivity index (χ1) is 39.2. The zero-order valence-corrected chi connectivity index (χ0v) is 44.9. The van der Waals surface area contributed by atoms with Gasteiger partial charge in [-0.05, 0) is 121 Å². The maximum absolute atomic E-state index is 5.73. The minimum absolute atomic E-state index is 0.161. The molecular weight excluding hydrogens is 969 g/mol. The molecule has 0 radical (unpaired) electrons. The maximum Gasteiger partial charge on any atom is 0.160 e. The average Bonchev–Trinajstić information content (AvgIpc) is 4.00. The zero-order chi connectivity index (χ0) is 53.4. The largest absolute Gasteiger partial charge is 0.248 e. The predicted octanol–water partition coefficient (Wildman–Crippen LogP) is 19.6. The van der Waals surface area contributed by atoms with E-state index in [2.05, 4.69) is 270 Å². The maximum atomic E-state index is 5.73. The van der Waals surface area contributed by atoms with Crippen molar-refractivity contribution in [3.63, 3.8) is 0 Å². The van der Waals surface area contributed by atoms with Gasteiger partial charge in [0.05, 0.1) is 33.3 Å². The van der Waals surface area contributed by atoms with E-state index in [1.807, 2.05) is 0 Å². The first kappa shape index (κ1) is 46.2. The van der Waals surface area contributed by atoms with Gasteiger partial charge in [0.15, 0.2) is 5.82 Å². The third-order valence-electron chi connectivity index (χ3n) is 17.7. The molecule has 80 heavy (non-hydrogen) atoms. The van der Waals surface area contributed by atoms with E-state index in [0.29, 0.717) is 5.82 Å². The number of benzene rings is 11. The van der Waals surface area contributed by atoms with Gasteiger partial charge in [-0.2, -0.15) is 0 Å². The van der Waals surface area contributed by atoms with Gasteiger partial charge in [0, 0.05) is 65.6 Å². The van der Waals surface area contributed by atoms with Crippen LogP contribution < -0.4 is 0 Å². The Balaban J connectivity index is 0.940. The van der Waals surface area contributed by atoms with Crippen LogP contribution in [0, 0.1) is 0 Å². The summed E-state index contributed by atoms with van der Waals surface area (Å²) in [4.78, 5) is 21.5. The van der Waals surface area contributed by atoms with Crippen molar-refractivity contribution in [1.82, 2.24) is 19.9 Å². The molecule has 0 unspecified atom stereocenters. The molecule has 4 nitrogen and oxygen atoms in total. The average molecular weight is 1020 g/mol. The van der Waals surface area contributed by atoms with E-state index in [1.54, 1.807) is 0 Å². The van der Waals surface area contributed by atoms with E-state index < -0.39 is 0 Å². The van der Waals surface area contributed by atoms with Gasteiger partial charge >= 0.3 is 0 Å². The SMILES string of the molecule is CC1(C)c2ccccc2-c2ccc(-c3cc(-c4ccc5c(c4)C(C)(C)c4ccccc4-5)c4nc(-c5ccc(-c6c7ccccc7nc7ccccc67)cc5)nc(-c5ccc(-c6c7ccccc7nc7ccccc67)cc5)c4c3)cc21. The lowest BCUT2D eigenvalue weighted by atomic mass is 9.81. The summed E-state index contributed by atoms with van der Waals surface area (Å²) >= 11 is 0. The number of para-hydroxylation sites is 4. The van der Waals surface area contributed by atoms with E-state index in [9.17, 15) is 0 Å². The molecule has 0 aliphatic heterocycles. The van der Waals surface area contributed by atoms with Crippen molar-refractivity contribution in [3.05, 3.63) is 265 Å². The summed E-state index contributed by atoms with van der Waals surface area (Å²) < 4.78 is 0. The fourth-order valence-electron chi connectivity index (χ4n) is 13.6. The Morgan fingerprint density at radius 2 is 0.637 bits per heavy atom. The molecule has 0 amide bonds. The smallest absolute Gasteiger partial charge is 0.160 e. The molecule has 0 spiro atoms. The van der Waals surface area contributed by atoms with E-state index >= 15 is 0 Å². The van der Waals surface area contributed by atoms with Crippen LogP contribution in [0.2, 0.25) is 0 Å².